The molecule has 0 atom stereocenters. The number of nitrogens with zero attached hydrogens (tertiary/aromatic N) is 1. The van der Waals surface area contributed by atoms with Gasteiger partial charge in [-0.25, -0.2) is 0 Å². The van der Waals surface area contributed by atoms with Gasteiger partial charge in [-0.3, -0.25) is 4.79 Å². The van der Waals surface area contributed by atoms with Gasteiger partial charge in [-0.15, -0.1) is 11.6 Å². The van der Waals surface area contributed by atoms with Crippen LogP contribution in [-0.2, 0) is 0 Å². The zero-order chi connectivity index (χ0) is 13.8. The number of halogens is 2. The molecule has 0 aliphatic heterocycles. The Morgan fingerprint density at radius 3 is 2.74 bits per heavy atom. The molecular weight excluding hydrogens is 281 g/mol. The Kier molecular flexibility index (Phi) is 5.12. The molecule has 0 N–H and O–H groups in total. The second-order valence-electron chi connectivity index (χ2n) is 5.04. The van der Waals surface area contributed by atoms with Crippen molar-refractivity contribution in [3.05, 3.63) is 34.3 Å². The maximum atomic E-state index is 12.7. The molecule has 1 saturated carbocycles. The van der Waals surface area contributed by atoms with Crippen LogP contribution in [0.4, 0.5) is 0 Å². The van der Waals surface area contributed by atoms with Crippen LogP contribution in [0.2, 0.25) is 5.02 Å². The fourth-order valence-corrected chi connectivity index (χ4v) is 2.67. The Hall–Kier alpha value is -0.730. The van der Waals surface area contributed by atoms with Crippen LogP contribution in [0.1, 0.15) is 41.6 Å². The molecule has 1 aliphatic carbocycles. The molecule has 0 saturated heterocycles. The highest BCUT2D eigenvalue weighted by Gasteiger charge is 2.29. The van der Waals surface area contributed by atoms with E-state index in [4.69, 9.17) is 23.2 Å². The van der Waals surface area contributed by atoms with Gasteiger partial charge in [0.25, 0.3) is 5.91 Å². The molecular formula is C15H19Cl2NO. The molecule has 1 fully saturated rings. The first-order chi connectivity index (χ1) is 9.15. The van der Waals surface area contributed by atoms with Gasteiger partial charge >= 0.3 is 0 Å². The van der Waals surface area contributed by atoms with Gasteiger partial charge in [0.05, 0.1) is 0 Å². The number of hydrogen-bond donors (Lipinski definition) is 0. The third-order valence-corrected chi connectivity index (χ3v) is 4.48. The lowest BCUT2D eigenvalue weighted by Crippen LogP contribution is -2.45. The predicted molar refractivity (Wildman–Crippen MR) is 80.2 cm³/mol. The molecule has 19 heavy (non-hydrogen) atoms. The van der Waals surface area contributed by atoms with Gasteiger partial charge in [-0.2, -0.15) is 0 Å². The van der Waals surface area contributed by atoms with Crippen LogP contribution in [0.25, 0.3) is 0 Å². The molecule has 0 bridgehead atoms. The highest BCUT2D eigenvalue weighted by Crippen LogP contribution is 2.28. The van der Waals surface area contributed by atoms with E-state index in [0.717, 1.165) is 31.4 Å². The summed E-state index contributed by atoms with van der Waals surface area (Å²) in [5.41, 5.74) is 1.58. The molecule has 1 aromatic rings. The van der Waals surface area contributed by atoms with Crippen LogP contribution in [0.3, 0.4) is 0 Å². The summed E-state index contributed by atoms with van der Waals surface area (Å²) >= 11 is 11.9. The first-order valence-corrected chi connectivity index (χ1v) is 7.68. The van der Waals surface area contributed by atoms with Crippen molar-refractivity contribution in [2.45, 2.75) is 38.6 Å². The summed E-state index contributed by atoms with van der Waals surface area (Å²) < 4.78 is 0. The second-order valence-corrected chi connectivity index (χ2v) is 5.82. The van der Waals surface area contributed by atoms with Crippen molar-refractivity contribution >= 4 is 29.1 Å². The molecule has 1 aliphatic rings. The quantitative estimate of drug-likeness (QED) is 0.744. The van der Waals surface area contributed by atoms with E-state index >= 15 is 0 Å². The number of rotatable bonds is 5. The fourth-order valence-electron chi connectivity index (χ4n) is 2.37. The summed E-state index contributed by atoms with van der Waals surface area (Å²) in [6, 6.07) is 5.90. The molecule has 0 aromatic heterocycles. The Morgan fingerprint density at radius 1 is 1.42 bits per heavy atom. The van der Waals surface area contributed by atoms with Crippen molar-refractivity contribution in [2.75, 3.05) is 12.4 Å². The first-order valence-electron chi connectivity index (χ1n) is 6.77. The van der Waals surface area contributed by atoms with Crippen LogP contribution in [0.15, 0.2) is 18.2 Å². The number of carbonyl (C=O) groups is 1. The Balaban J connectivity index is 2.20. The van der Waals surface area contributed by atoms with E-state index in [0.29, 0.717) is 22.5 Å². The topological polar surface area (TPSA) is 20.3 Å². The number of amides is 1. The van der Waals surface area contributed by atoms with Gasteiger partial charge in [0.1, 0.15) is 0 Å². The number of alkyl halides is 1. The van der Waals surface area contributed by atoms with Gasteiger partial charge in [-0.05, 0) is 50.3 Å². The van der Waals surface area contributed by atoms with Crippen molar-refractivity contribution in [3.63, 3.8) is 0 Å². The van der Waals surface area contributed by atoms with E-state index in [1.165, 1.54) is 6.42 Å². The maximum Gasteiger partial charge on any atom is 0.254 e. The van der Waals surface area contributed by atoms with Crippen molar-refractivity contribution in [1.29, 1.82) is 0 Å². The molecule has 2 nitrogen and oxygen atoms in total. The highest BCUT2D eigenvalue weighted by atomic mass is 35.5. The van der Waals surface area contributed by atoms with Crippen LogP contribution < -0.4 is 0 Å². The number of carbonyl (C=O) groups excluding carboxylic acids is 1. The number of hydrogen-bond acceptors (Lipinski definition) is 1. The second kappa shape index (κ2) is 6.62. The minimum atomic E-state index is 0.0924. The molecule has 104 valence electrons. The fraction of sp³-hybridized carbons (Fsp3) is 0.533. The molecule has 0 unspecified atom stereocenters. The molecule has 1 amide bonds. The molecule has 2 rings (SSSR count). The first kappa shape index (κ1) is 14.7. The minimum absolute atomic E-state index is 0.0924. The van der Waals surface area contributed by atoms with Crippen molar-refractivity contribution in [1.82, 2.24) is 4.90 Å². The van der Waals surface area contributed by atoms with Gasteiger partial charge in [0.2, 0.25) is 0 Å². The lowest BCUT2D eigenvalue weighted by molar-refractivity contribution is 0.0580. The van der Waals surface area contributed by atoms with Gasteiger partial charge in [-0.1, -0.05) is 17.7 Å². The van der Waals surface area contributed by atoms with Crippen molar-refractivity contribution < 1.29 is 4.79 Å². The van der Waals surface area contributed by atoms with Crippen LogP contribution in [0, 0.1) is 6.92 Å². The van der Waals surface area contributed by atoms with Crippen LogP contribution in [-0.4, -0.2) is 29.3 Å². The summed E-state index contributed by atoms with van der Waals surface area (Å²) in [4.78, 5) is 14.7. The Bertz CT molecular complexity index is 457. The van der Waals surface area contributed by atoms with Gasteiger partial charge in [0, 0.05) is 29.1 Å². The summed E-state index contributed by atoms with van der Waals surface area (Å²) in [7, 11) is 0. The Morgan fingerprint density at radius 2 is 2.16 bits per heavy atom. The van der Waals surface area contributed by atoms with E-state index in [-0.39, 0.29) is 5.91 Å². The lowest BCUT2D eigenvalue weighted by atomic mass is 9.90. The molecule has 0 radical (unpaired) electrons. The SMILES string of the molecule is Cc1c(Cl)cccc1C(=O)N(CCCCl)C1CCC1. The lowest BCUT2D eigenvalue weighted by Gasteiger charge is -2.38. The normalized spacial score (nSPS) is 15.1. The third-order valence-electron chi connectivity index (χ3n) is 3.81. The zero-order valence-electron chi connectivity index (χ0n) is 11.2. The summed E-state index contributed by atoms with van der Waals surface area (Å²) in [6.45, 7) is 2.63. The predicted octanol–water partition coefficient (Wildman–Crippen LogP) is 4.27. The third kappa shape index (κ3) is 3.24. The van der Waals surface area contributed by atoms with Crippen molar-refractivity contribution in [2.24, 2.45) is 0 Å². The average Bonchev–Trinajstić information content (AvgIpc) is 2.34. The smallest absolute Gasteiger partial charge is 0.254 e. The molecule has 4 heteroatoms. The van der Waals surface area contributed by atoms with E-state index in [1.807, 2.05) is 30.0 Å². The minimum Gasteiger partial charge on any atom is -0.336 e. The van der Waals surface area contributed by atoms with Gasteiger partial charge in [0.15, 0.2) is 0 Å². The molecule has 0 heterocycles. The van der Waals surface area contributed by atoms with E-state index in [2.05, 4.69) is 0 Å². The standard InChI is InChI=1S/C15H19Cl2NO/c1-11-13(7-3-8-14(11)17)15(19)18(10-4-9-16)12-5-2-6-12/h3,7-8,12H,2,4-6,9-10H2,1H3. The average molecular weight is 300 g/mol. The van der Waals surface area contributed by atoms with Crippen LogP contribution in [0.5, 0.6) is 0 Å². The number of benzene rings is 1. The van der Waals surface area contributed by atoms with Crippen LogP contribution >= 0.6 is 23.2 Å². The summed E-state index contributed by atoms with van der Waals surface area (Å²) in [5.74, 6) is 0.681. The summed E-state index contributed by atoms with van der Waals surface area (Å²) in [6.07, 6.45) is 4.26. The Labute approximate surface area is 124 Å². The monoisotopic (exact) mass is 299 g/mol. The molecule has 0 spiro atoms. The van der Waals surface area contributed by atoms with E-state index in [1.54, 1.807) is 0 Å². The summed E-state index contributed by atoms with van der Waals surface area (Å²) in [5, 5.41) is 0.650. The zero-order valence-corrected chi connectivity index (χ0v) is 12.7. The van der Waals surface area contributed by atoms with Gasteiger partial charge < -0.3 is 4.90 Å². The molecule has 1 aromatic carbocycles. The van der Waals surface area contributed by atoms with E-state index < -0.39 is 0 Å². The van der Waals surface area contributed by atoms with Crippen molar-refractivity contribution in [3.8, 4) is 0 Å². The highest BCUT2D eigenvalue weighted by molar-refractivity contribution is 6.31. The van der Waals surface area contributed by atoms with E-state index in [9.17, 15) is 4.79 Å². The largest absolute Gasteiger partial charge is 0.336 e. The maximum absolute atomic E-state index is 12.7.